The van der Waals surface area contributed by atoms with Gasteiger partial charge in [0, 0.05) is 11.3 Å². The van der Waals surface area contributed by atoms with Gasteiger partial charge in [0.25, 0.3) is 5.91 Å². The molecule has 0 saturated carbocycles. The number of nitrogens with one attached hydrogen (secondary N) is 2. The maximum Gasteiger partial charge on any atom is 0.325 e. The van der Waals surface area contributed by atoms with E-state index in [2.05, 4.69) is 25.6 Å². The number of nitrogen functional groups attached to an aromatic ring is 1. The highest BCUT2D eigenvalue weighted by atomic mass is 16.5. The van der Waals surface area contributed by atoms with Crippen molar-refractivity contribution in [3.8, 4) is 0 Å². The average Bonchev–Trinajstić information content (AvgIpc) is 2.71. The Kier molecular flexibility index (Phi) is 6.31. The first-order valence-corrected chi connectivity index (χ1v) is 8.82. The Hall–Kier alpha value is -4.01. The fourth-order valence-corrected chi connectivity index (χ4v) is 2.36. The number of aromatic nitrogens is 3. The van der Waals surface area contributed by atoms with Gasteiger partial charge in [-0.25, -0.2) is 0 Å². The summed E-state index contributed by atoms with van der Waals surface area (Å²) in [5, 5.41) is 5.50. The summed E-state index contributed by atoms with van der Waals surface area (Å²) in [4.78, 5) is 36.1. The molecular formula is C20H20N6O3. The third-order valence-electron chi connectivity index (χ3n) is 3.80. The van der Waals surface area contributed by atoms with Gasteiger partial charge in [-0.2, -0.15) is 15.0 Å². The number of ether oxygens (including phenoxy) is 1. The fourth-order valence-electron chi connectivity index (χ4n) is 2.36. The van der Waals surface area contributed by atoms with Crippen LogP contribution in [0.3, 0.4) is 0 Å². The molecular weight excluding hydrogens is 372 g/mol. The molecule has 4 N–H and O–H groups in total. The Labute approximate surface area is 167 Å². The maximum absolute atomic E-state index is 12.0. The molecule has 0 aliphatic carbocycles. The van der Waals surface area contributed by atoms with Gasteiger partial charge in [0.2, 0.25) is 11.9 Å². The van der Waals surface area contributed by atoms with Gasteiger partial charge in [0.05, 0.1) is 0 Å². The van der Waals surface area contributed by atoms with Crippen LogP contribution in [-0.2, 0) is 16.1 Å². The van der Waals surface area contributed by atoms with E-state index >= 15 is 0 Å². The molecule has 0 spiro atoms. The fraction of sp³-hybridized carbons (Fsp3) is 0.150. The highest BCUT2D eigenvalue weighted by molar-refractivity contribution is 5.95. The van der Waals surface area contributed by atoms with Crippen LogP contribution in [0.2, 0.25) is 0 Å². The minimum absolute atomic E-state index is 0.00264. The van der Waals surface area contributed by atoms with Crippen LogP contribution in [0.4, 0.5) is 17.6 Å². The second-order valence-corrected chi connectivity index (χ2v) is 6.13. The summed E-state index contributed by atoms with van der Waals surface area (Å²) >= 11 is 0. The molecule has 148 valence electrons. The molecule has 0 unspecified atom stereocenters. The molecule has 0 bridgehead atoms. The van der Waals surface area contributed by atoms with E-state index in [4.69, 9.17) is 10.5 Å². The number of nitrogens with zero attached hydrogens (tertiary/aromatic N) is 3. The van der Waals surface area contributed by atoms with E-state index < -0.39 is 5.97 Å². The number of benzene rings is 2. The third kappa shape index (κ3) is 5.99. The molecule has 3 aromatic rings. The number of hydrogen-bond acceptors (Lipinski definition) is 8. The number of carbonyl (C=O) groups excluding carboxylic acids is 2. The highest BCUT2D eigenvalue weighted by Gasteiger charge is 2.11. The van der Waals surface area contributed by atoms with Gasteiger partial charge in [-0.3, -0.25) is 9.59 Å². The topological polar surface area (TPSA) is 132 Å². The Morgan fingerprint density at radius 2 is 1.72 bits per heavy atom. The van der Waals surface area contributed by atoms with E-state index in [1.165, 1.54) is 0 Å². The summed E-state index contributed by atoms with van der Waals surface area (Å²) in [5.74, 6) is -0.559. The van der Waals surface area contributed by atoms with Crippen molar-refractivity contribution in [2.45, 2.75) is 13.5 Å². The number of amides is 1. The van der Waals surface area contributed by atoms with E-state index in [9.17, 15) is 9.59 Å². The molecule has 9 nitrogen and oxygen atoms in total. The number of anilines is 3. The first-order valence-electron chi connectivity index (χ1n) is 8.82. The number of esters is 1. The van der Waals surface area contributed by atoms with Gasteiger partial charge in [-0.1, -0.05) is 35.9 Å². The lowest BCUT2D eigenvalue weighted by Crippen LogP contribution is -2.30. The standard InChI is InChI=1S/C20H20N6O3/c1-13-7-9-14(10-8-13)18(28)22-11-17(27)29-12-16-24-19(21)26-20(25-16)23-15-5-3-2-4-6-15/h2-10H,11-12H2,1H3,(H,22,28)(H3,21,23,24,25,26). The Balaban J connectivity index is 1.51. The molecule has 29 heavy (non-hydrogen) atoms. The Bertz CT molecular complexity index is 993. The van der Waals surface area contributed by atoms with Crippen molar-refractivity contribution in [1.29, 1.82) is 0 Å². The largest absolute Gasteiger partial charge is 0.456 e. The van der Waals surface area contributed by atoms with Crippen LogP contribution in [0.5, 0.6) is 0 Å². The van der Waals surface area contributed by atoms with Gasteiger partial charge in [0.1, 0.15) is 6.54 Å². The lowest BCUT2D eigenvalue weighted by Gasteiger charge is -2.08. The minimum Gasteiger partial charge on any atom is -0.456 e. The van der Waals surface area contributed by atoms with Crippen molar-refractivity contribution >= 4 is 29.5 Å². The van der Waals surface area contributed by atoms with E-state index in [0.29, 0.717) is 5.56 Å². The van der Waals surface area contributed by atoms with Gasteiger partial charge in [0.15, 0.2) is 12.4 Å². The Morgan fingerprint density at radius 3 is 2.45 bits per heavy atom. The monoisotopic (exact) mass is 392 g/mol. The first-order chi connectivity index (χ1) is 14.0. The van der Waals surface area contributed by atoms with Gasteiger partial charge in [-0.15, -0.1) is 0 Å². The van der Waals surface area contributed by atoms with Crippen LogP contribution in [0, 0.1) is 6.92 Å². The number of carbonyl (C=O) groups is 2. The zero-order valence-corrected chi connectivity index (χ0v) is 15.8. The highest BCUT2D eigenvalue weighted by Crippen LogP contribution is 2.13. The summed E-state index contributed by atoms with van der Waals surface area (Å²) in [6, 6.07) is 16.3. The van der Waals surface area contributed by atoms with Gasteiger partial charge < -0.3 is 21.1 Å². The van der Waals surface area contributed by atoms with Crippen molar-refractivity contribution in [2.24, 2.45) is 0 Å². The lowest BCUT2D eigenvalue weighted by molar-refractivity contribution is -0.143. The molecule has 9 heteroatoms. The van der Waals surface area contributed by atoms with Crippen LogP contribution in [0.25, 0.3) is 0 Å². The molecule has 0 atom stereocenters. The van der Waals surface area contributed by atoms with Crippen molar-refractivity contribution in [1.82, 2.24) is 20.3 Å². The van der Waals surface area contributed by atoms with E-state index in [0.717, 1.165) is 11.3 Å². The molecule has 2 aromatic carbocycles. The number of para-hydroxylation sites is 1. The summed E-state index contributed by atoms with van der Waals surface area (Å²) in [6.07, 6.45) is 0. The summed E-state index contributed by atoms with van der Waals surface area (Å²) < 4.78 is 5.10. The van der Waals surface area contributed by atoms with E-state index in [1.54, 1.807) is 12.1 Å². The molecule has 0 saturated heterocycles. The zero-order valence-electron chi connectivity index (χ0n) is 15.8. The smallest absolute Gasteiger partial charge is 0.325 e. The second kappa shape index (κ2) is 9.27. The minimum atomic E-state index is -0.623. The van der Waals surface area contributed by atoms with E-state index in [1.807, 2.05) is 49.4 Å². The van der Waals surface area contributed by atoms with Crippen molar-refractivity contribution in [3.05, 3.63) is 71.5 Å². The van der Waals surface area contributed by atoms with Crippen molar-refractivity contribution in [2.75, 3.05) is 17.6 Å². The SMILES string of the molecule is Cc1ccc(C(=O)NCC(=O)OCc2nc(N)nc(Nc3ccccc3)n2)cc1. The number of aryl methyl sites for hydroxylation is 1. The summed E-state index contributed by atoms with van der Waals surface area (Å²) in [6.45, 7) is 1.45. The number of nitrogens with two attached hydrogens (primary N) is 1. The zero-order chi connectivity index (χ0) is 20.6. The summed E-state index contributed by atoms with van der Waals surface area (Å²) in [7, 11) is 0. The van der Waals surface area contributed by atoms with Crippen LogP contribution in [0.1, 0.15) is 21.7 Å². The van der Waals surface area contributed by atoms with E-state index in [-0.39, 0.29) is 36.8 Å². The molecule has 0 radical (unpaired) electrons. The number of rotatable bonds is 7. The van der Waals surface area contributed by atoms with Gasteiger partial charge in [-0.05, 0) is 31.2 Å². The lowest BCUT2D eigenvalue weighted by atomic mass is 10.1. The second-order valence-electron chi connectivity index (χ2n) is 6.13. The van der Waals surface area contributed by atoms with Crippen LogP contribution >= 0.6 is 0 Å². The van der Waals surface area contributed by atoms with Crippen LogP contribution in [0.15, 0.2) is 54.6 Å². The van der Waals surface area contributed by atoms with Crippen molar-refractivity contribution < 1.29 is 14.3 Å². The first kappa shape index (κ1) is 19.7. The Morgan fingerprint density at radius 1 is 1.00 bits per heavy atom. The molecule has 1 amide bonds. The molecule has 0 aliphatic heterocycles. The quantitative estimate of drug-likeness (QED) is 0.520. The van der Waals surface area contributed by atoms with Gasteiger partial charge >= 0.3 is 5.97 Å². The molecule has 0 fully saturated rings. The molecule has 3 rings (SSSR count). The predicted molar refractivity (Wildman–Crippen MR) is 107 cm³/mol. The maximum atomic E-state index is 12.0. The summed E-state index contributed by atoms with van der Waals surface area (Å²) in [5.41, 5.74) is 7.97. The van der Waals surface area contributed by atoms with Crippen molar-refractivity contribution in [3.63, 3.8) is 0 Å². The molecule has 0 aliphatic rings. The molecule has 1 heterocycles. The predicted octanol–water partition coefficient (Wildman–Crippen LogP) is 1.98. The average molecular weight is 392 g/mol. The normalized spacial score (nSPS) is 10.2. The van der Waals surface area contributed by atoms with Crippen LogP contribution in [-0.4, -0.2) is 33.4 Å². The molecule has 1 aromatic heterocycles. The number of hydrogen-bond donors (Lipinski definition) is 3. The third-order valence-corrected chi connectivity index (χ3v) is 3.80. The van der Waals surface area contributed by atoms with Crippen LogP contribution < -0.4 is 16.4 Å².